The third kappa shape index (κ3) is 8.64. The molecule has 11 heteroatoms. The highest BCUT2D eigenvalue weighted by Crippen LogP contribution is 2.38. The second-order valence-electron chi connectivity index (χ2n) is 6.67. The minimum absolute atomic E-state index is 0. The van der Waals surface area contributed by atoms with Crippen molar-refractivity contribution in [3.05, 3.63) is 17.7 Å². The van der Waals surface area contributed by atoms with Crippen LogP contribution in [0.25, 0.3) is 0 Å². The standard InChI is InChI=1S/C19H30F2N4O4.HI/c1-5-26-14(6-7-25(3)4)11-24-19(22-2)23-10-13-8-16-17(28-12-27-16)9-15(13)29-18(20)21;/h8-9,14,18H,5-7,10-12H2,1-4H3,(H2,22,23,24);1H. The molecule has 0 spiro atoms. The van der Waals surface area contributed by atoms with Crippen LogP contribution in [0.2, 0.25) is 0 Å². The molecule has 0 aliphatic carbocycles. The van der Waals surface area contributed by atoms with E-state index in [-0.39, 0.29) is 49.2 Å². The summed E-state index contributed by atoms with van der Waals surface area (Å²) in [5, 5.41) is 6.32. The average molecular weight is 544 g/mol. The summed E-state index contributed by atoms with van der Waals surface area (Å²) in [6.45, 7) is 1.39. The molecule has 2 N–H and O–H groups in total. The number of aliphatic imine (C=N–C) groups is 1. The lowest BCUT2D eigenvalue weighted by Crippen LogP contribution is -2.42. The normalized spacial score (nSPS) is 13.9. The zero-order chi connectivity index (χ0) is 21.2. The van der Waals surface area contributed by atoms with Gasteiger partial charge in [-0.2, -0.15) is 8.78 Å². The van der Waals surface area contributed by atoms with Crippen molar-refractivity contribution in [2.45, 2.75) is 32.6 Å². The summed E-state index contributed by atoms with van der Waals surface area (Å²) in [6.07, 6.45) is 0.906. The molecular weight excluding hydrogens is 513 g/mol. The Kier molecular flexibility index (Phi) is 12.0. The van der Waals surface area contributed by atoms with Crippen LogP contribution in [0.3, 0.4) is 0 Å². The summed E-state index contributed by atoms with van der Waals surface area (Å²) in [7, 11) is 5.67. The Morgan fingerprint density at radius 1 is 1.23 bits per heavy atom. The van der Waals surface area contributed by atoms with Crippen LogP contribution in [0.1, 0.15) is 18.9 Å². The molecular formula is C19H31F2IN4O4. The van der Waals surface area contributed by atoms with Crippen molar-refractivity contribution in [3.8, 4) is 17.2 Å². The summed E-state index contributed by atoms with van der Waals surface area (Å²) in [4.78, 5) is 6.28. The minimum Gasteiger partial charge on any atom is -0.454 e. The second kappa shape index (κ2) is 13.7. The Labute approximate surface area is 193 Å². The molecule has 2 rings (SSSR count). The molecule has 1 aromatic rings. The van der Waals surface area contributed by atoms with Gasteiger partial charge in [-0.3, -0.25) is 4.99 Å². The fourth-order valence-electron chi connectivity index (χ4n) is 2.80. The van der Waals surface area contributed by atoms with Crippen molar-refractivity contribution in [2.75, 3.05) is 47.6 Å². The van der Waals surface area contributed by atoms with Gasteiger partial charge in [0.05, 0.1) is 6.10 Å². The molecule has 0 aromatic heterocycles. The number of hydrogen-bond acceptors (Lipinski definition) is 6. The number of guanidine groups is 1. The van der Waals surface area contributed by atoms with E-state index in [4.69, 9.17) is 14.2 Å². The predicted molar refractivity (Wildman–Crippen MR) is 121 cm³/mol. The molecule has 172 valence electrons. The van der Waals surface area contributed by atoms with Gasteiger partial charge < -0.3 is 34.5 Å². The van der Waals surface area contributed by atoms with Crippen molar-refractivity contribution < 1.29 is 27.7 Å². The summed E-state index contributed by atoms with van der Waals surface area (Å²) in [6, 6.07) is 3.04. The summed E-state index contributed by atoms with van der Waals surface area (Å²) >= 11 is 0. The second-order valence-corrected chi connectivity index (χ2v) is 6.67. The van der Waals surface area contributed by atoms with Crippen LogP contribution in [-0.2, 0) is 11.3 Å². The molecule has 1 atom stereocenters. The maximum absolute atomic E-state index is 12.8. The molecule has 30 heavy (non-hydrogen) atoms. The van der Waals surface area contributed by atoms with Gasteiger partial charge in [0, 0.05) is 44.9 Å². The highest BCUT2D eigenvalue weighted by molar-refractivity contribution is 14.0. The molecule has 1 aromatic carbocycles. The van der Waals surface area contributed by atoms with Crippen LogP contribution < -0.4 is 24.8 Å². The highest BCUT2D eigenvalue weighted by Gasteiger charge is 2.20. The molecule has 8 nitrogen and oxygen atoms in total. The van der Waals surface area contributed by atoms with E-state index in [1.807, 2.05) is 21.0 Å². The topological polar surface area (TPSA) is 76.6 Å². The largest absolute Gasteiger partial charge is 0.454 e. The Balaban J connectivity index is 0.00000450. The van der Waals surface area contributed by atoms with Gasteiger partial charge in [-0.15, -0.1) is 24.0 Å². The third-order valence-corrected chi connectivity index (χ3v) is 4.24. The van der Waals surface area contributed by atoms with Crippen LogP contribution in [0.15, 0.2) is 17.1 Å². The Morgan fingerprint density at radius 3 is 2.53 bits per heavy atom. The first-order valence-electron chi connectivity index (χ1n) is 9.51. The first-order chi connectivity index (χ1) is 13.9. The number of alkyl halides is 2. The quantitative estimate of drug-likeness (QED) is 0.252. The van der Waals surface area contributed by atoms with E-state index in [1.54, 1.807) is 13.1 Å². The van der Waals surface area contributed by atoms with Gasteiger partial charge in [-0.05, 0) is 33.5 Å². The average Bonchev–Trinajstić information content (AvgIpc) is 3.12. The first-order valence-corrected chi connectivity index (χ1v) is 9.51. The monoisotopic (exact) mass is 544 g/mol. The van der Waals surface area contributed by atoms with Crippen LogP contribution in [0.4, 0.5) is 8.78 Å². The molecule has 0 amide bonds. The van der Waals surface area contributed by atoms with Crippen molar-refractivity contribution >= 4 is 29.9 Å². The van der Waals surface area contributed by atoms with E-state index in [0.29, 0.717) is 36.2 Å². The minimum atomic E-state index is -2.93. The molecule has 1 unspecified atom stereocenters. The van der Waals surface area contributed by atoms with Crippen LogP contribution >= 0.6 is 24.0 Å². The lowest BCUT2D eigenvalue weighted by Gasteiger charge is -2.21. The van der Waals surface area contributed by atoms with Crippen LogP contribution in [-0.4, -0.2) is 71.2 Å². The Bertz CT molecular complexity index is 680. The lowest BCUT2D eigenvalue weighted by atomic mass is 10.1. The third-order valence-electron chi connectivity index (χ3n) is 4.24. The molecule has 0 bridgehead atoms. The number of benzene rings is 1. The number of nitrogens with one attached hydrogen (secondary N) is 2. The molecule has 0 fully saturated rings. The molecule has 0 radical (unpaired) electrons. The number of nitrogens with zero attached hydrogens (tertiary/aromatic N) is 2. The number of hydrogen-bond donors (Lipinski definition) is 2. The smallest absolute Gasteiger partial charge is 0.387 e. The van der Waals surface area contributed by atoms with E-state index in [2.05, 4.69) is 25.3 Å². The lowest BCUT2D eigenvalue weighted by molar-refractivity contribution is -0.0505. The van der Waals surface area contributed by atoms with E-state index in [9.17, 15) is 8.78 Å². The zero-order valence-corrected chi connectivity index (χ0v) is 20.1. The van der Waals surface area contributed by atoms with E-state index >= 15 is 0 Å². The van der Waals surface area contributed by atoms with E-state index in [0.717, 1.165) is 13.0 Å². The number of rotatable bonds is 11. The zero-order valence-electron chi connectivity index (χ0n) is 17.7. The maximum Gasteiger partial charge on any atom is 0.387 e. The van der Waals surface area contributed by atoms with Gasteiger partial charge >= 0.3 is 6.61 Å². The summed E-state index contributed by atoms with van der Waals surface area (Å²) in [5.74, 6) is 1.43. The fraction of sp³-hybridized carbons (Fsp3) is 0.632. The van der Waals surface area contributed by atoms with E-state index in [1.165, 1.54) is 6.07 Å². The Hall–Kier alpha value is -1.60. The van der Waals surface area contributed by atoms with Crippen LogP contribution in [0, 0.1) is 0 Å². The van der Waals surface area contributed by atoms with Crippen molar-refractivity contribution in [1.29, 1.82) is 0 Å². The molecule has 1 aliphatic rings. The maximum atomic E-state index is 12.8. The Morgan fingerprint density at radius 2 is 1.93 bits per heavy atom. The van der Waals surface area contributed by atoms with Gasteiger partial charge in [-0.25, -0.2) is 0 Å². The first kappa shape index (κ1) is 26.4. The molecule has 1 heterocycles. The van der Waals surface area contributed by atoms with Gasteiger partial charge in [0.1, 0.15) is 5.75 Å². The van der Waals surface area contributed by atoms with Crippen molar-refractivity contribution in [3.63, 3.8) is 0 Å². The molecule has 1 aliphatic heterocycles. The summed E-state index contributed by atoms with van der Waals surface area (Å²) in [5.41, 5.74) is 0.506. The van der Waals surface area contributed by atoms with Crippen LogP contribution in [0.5, 0.6) is 17.2 Å². The van der Waals surface area contributed by atoms with Gasteiger partial charge in [-0.1, -0.05) is 0 Å². The highest BCUT2D eigenvalue weighted by atomic mass is 127. The SMILES string of the molecule is CCOC(CCN(C)C)CNC(=NC)NCc1cc2c(cc1OC(F)F)OCO2.I. The predicted octanol–water partition coefficient (Wildman–Crippen LogP) is 2.66. The van der Waals surface area contributed by atoms with Gasteiger partial charge in [0.15, 0.2) is 17.5 Å². The summed E-state index contributed by atoms with van der Waals surface area (Å²) < 4.78 is 46.5. The number of ether oxygens (including phenoxy) is 4. The number of fused-ring (bicyclic) bond motifs is 1. The van der Waals surface area contributed by atoms with Crippen molar-refractivity contribution in [1.82, 2.24) is 15.5 Å². The number of halogens is 3. The molecule has 0 saturated heterocycles. The van der Waals surface area contributed by atoms with Gasteiger partial charge in [0.2, 0.25) is 6.79 Å². The van der Waals surface area contributed by atoms with Gasteiger partial charge in [0.25, 0.3) is 0 Å². The van der Waals surface area contributed by atoms with Crippen molar-refractivity contribution in [2.24, 2.45) is 4.99 Å². The fourth-order valence-corrected chi connectivity index (χ4v) is 2.80. The molecule has 0 saturated carbocycles. The van der Waals surface area contributed by atoms with E-state index < -0.39 is 6.61 Å².